The number of fused-ring (bicyclic) bond motifs is 3. The third kappa shape index (κ3) is 3.63. The first-order valence-corrected chi connectivity index (χ1v) is 11.8. The Bertz CT molecular complexity index is 1210. The number of hydrogen-bond donors (Lipinski definition) is 1. The van der Waals surface area contributed by atoms with Gasteiger partial charge in [0.2, 0.25) is 11.9 Å². The number of benzene rings is 1. The van der Waals surface area contributed by atoms with Crippen molar-refractivity contribution in [2.45, 2.75) is 57.6 Å². The molecule has 4 heterocycles. The van der Waals surface area contributed by atoms with Gasteiger partial charge in [-0.15, -0.1) is 0 Å². The molecule has 5 rings (SSSR count). The van der Waals surface area contributed by atoms with E-state index >= 15 is 0 Å². The van der Waals surface area contributed by atoms with Crippen molar-refractivity contribution in [3.63, 3.8) is 0 Å². The van der Waals surface area contributed by atoms with Gasteiger partial charge in [-0.3, -0.25) is 14.6 Å². The van der Waals surface area contributed by atoms with Crippen LogP contribution in [0.1, 0.15) is 50.4 Å². The number of anilines is 2. The Labute approximate surface area is 198 Å². The van der Waals surface area contributed by atoms with Crippen molar-refractivity contribution in [2.24, 2.45) is 0 Å². The fourth-order valence-electron chi connectivity index (χ4n) is 5.36. The highest BCUT2D eigenvalue weighted by atomic mass is 16.6. The second kappa shape index (κ2) is 7.85. The number of H-pyrrole nitrogens is 1. The highest BCUT2D eigenvalue weighted by molar-refractivity contribution is 6.07. The maximum absolute atomic E-state index is 13.2. The van der Waals surface area contributed by atoms with Crippen LogP contribution in [0, 0.1) is 0 Å². The first kappa shape index (κ1) is 22.4. The van der Waals surface area contributed by atoms with Crippen LogP contribution in [0.3, 0.4) is 0 Å². The summed E-state index contributed by atoms with van der Waals surface area (Å²) in [5.41, 5.74) is 2.02. The van der Waals surface area contributed by atoms with Gasteiger partial charge in [-0.25, -0.2) is 9.78 Å². The monoisotopic (exact) mass is 465 g/mol. The molecule has 1 fully saturated rings. The van der Waals surface area contributed by atoms with Crippen molar-refractivity contribution in [1.82, 2.24) is 14.9 Å². The molecule has 3 aliphatic rings. The van der Waals surface area contributed by atoms with Crippen molar-refractivity contribution >= 4 is 23.6 Å². The van der Waals surface area contributed by atoms with E-state index in [9.17, 15) is 14.4 Å². The fraction of sp³-hybridized carbons (Fsp3) is 0.520. The summed E-state index contributed by atoms with van der Waals surface area (Å²) in [7, 11) is 1.83. The van der Waals surface area contributed by atoms with Crippen LogP contribution in [0.15, 0.2) is 29.1 Å². The lowest BCUT2D eigenvalue weighted by atomic mass is 9.73. The number of hydrogen-bond acceptors (Lipinski definition) is 6. The number of rotatable bonds is 1. The van der Waals surface area contributed by atoms with E-state index in [4.69, 9.17) is 9.72 Å². The molecule has 1 aromatic heterocycles. The smallest absolute Gasteiger partial charge is 0.410 e. The van der Waals surface area contributed by atoms with E-state index in [1.807, 2.05) is 50.9 Å². The molecule has 34 heavy (non-hydrogen) atoms. The van der Waals surface area contributed by atoms with E-state index in [2.05, 4.69) is 11.1 Å². The number of ether oxygens (including phenoxy) is 1. The lowest BCUT2D eigenvalue weighted by Crippen LogP contribution is -2.49. The predicted octanol–water partition coefficient (Wildman–Crippen LogP) is 2.58. The van der Waals surface area contributed by atoms with Crippen molar-refractivity contribution in [1.29, 1.82) is 0 Å². The minimum Gasteiger partial charge on any atom is -0.444 e. The van der Waals surface area contributed by atoms with Gasteiger partial charge in [-0.05, 0) is 51.7 Å². The maximum atomic E-state index is 13.2. The summed E-state index contributed by atoms with van der Waals surface area (Å²) in [4.78, 5) is 51.6. The van der Waals surface area contributed by atoms with Crippen molar-refractivity contribution < 1.29 is 14.3 Å². The van der Waals surface area contributed by atoms with Crippen molar-refractivity contribution in [3.8, 4) is 0 Å². The Balaban J connectivity index is 1.36. The van der Waals surface area contributed by atoms with Gasteiger partial charge >= 0.3 is 6.09 Å². The number of para-hydroxylation sites is 1. The molecule has 1 spiro atoms. The van der Waals surface area contributed by atoms with Crippen LogP contribution in [0.2, 0.25) is 0 Å². The minimum atomic E-state index is -0.585. The second-order valence-electron chi connectivity index (χ2n) is 10.4. The number of aromatic nitrogens is 2. The van der Waals surface area contributed by atoms with Gasteiger partial charge in [0.1, 0.15) is 5.60 Å². The summed E-state index contributed by atoms with van der Waals surface area (Å²) in [5, 5.41) is 0. The lowest BCUT2D eigenvalue weighted by Gasteiger charge is -2.39. The molecule has 0 aliphatic carbocycles. The van der Waals surface area contributed by atoms with Crippen LogP contribution in [0.5, 0.6) is 0 Å². The first-order chi connectivity index (χ1) is 16.1. The van der Waals surface area contributed by atoms with E-state index in [-0.39, 0.29) is 18.0 Å². The Kier molecular flexibility index (Phi) is 5.18. The second-order valence-corrected chi connectivity index (χ2v) is 10.4. The van der Waals surface area contributed by atoms with Crippen LogP contribution in [-0.4, -0.2) is 59.2 Å². The van der Waals surface area contributed by atoms with Gasteiger partial charge in [0, 0.05) is 37.9 Å². The molecule has 9 nitrogen and oxygen atoms in total. The molecule has 0 atom stereocenters. The van der Waals surface area contributed by atoms with Crippen molar-refractivity contribution in [2.75, 3.05) is 36.5 Å². The van der Waals surface area contributed by atoms with E-state index < -0.39 is 17.1 Å². The predicted molar refractivity (Wildman–Crippen MR) is 128 cm³/mol. The van der Waals surface area contributed by atoms with Gasteiger partial charge < -0.3 is 19.4 Å². The standard InChI is InChI=1S/C25H31N5O4/c1-24(2,3)34-23(33)30-12-9-16-18(15-30)26-22(27-20(16)31)29-13-10-25(11-14-29)17-7-5-6-8-19(17)28(4)21(25)32/h5-8H,9-15H2,1-4H3,(H,26,27,31). The number of aromatic amines is 1. The summed E-state index contributed by atoms with van der Waals surface area (Å²) in [5.74, 6) is 0.630. The third-order valence-corrected chi connectivity index (χ3v) is 7.12. The average Bonchev–Trinajstić information content (AvgIpc) is 3.00. The highest BCUT2D eigenvalue weighted by Crippen LogP contribution is 2.47. The molecule has 2 amide bonds. The topological polar surface area (TPSA) is 98.8 Å². The number of amides is 2. The number of nitrogens with one attached hydrogen (secondary N) is 1. The number of carbonyl (C=O) groups excluding carboxylic acids is 2. The minimum absolute atomic E-state index is 0.133. The molecule has 0 radical (unpaired) electrons. The van der Waals surface area contributed by atoms with Crippen LogP contribution in [0.4, 0.5) is 16.4 Å². The maximum Gasteiger partial charge on any atom is 0.410 e. The van der Waals surface area contributed by atoms with Gasteiger partial charge in [0.05, 0.1) is 17.7 Å². The molecule has 9 heteroatoms. The molecule has 3 aliphatic heterocycles. The normalized spacial score (nSPS) is 19.3. The summed E-state index contributed by atoms with van der Waals surface area (Å²) < 4.78 is 5.50. The summed E-state index contributed by atoms with van der Waals surface area (Å²) in [6.07, 6.45) is 1.35. The van der Waals surface area contributed by atoms with Gasteiger partial charge in [0.25, 0.3) is 5.56 Å². The van der Waals surface area contributed by atoms with Crippen molar-refractivity contribution in [3.05, 3.63) is 51.4 Å². The lowest BCUT2D eigenvalue weighted by molar-refractivity contribution is -0.123. The summed E-state index contributed by atoms with van der Waals surface area (Å²) >= 11 is 0. The Morgan fingerprint density at radius 3 is 2.53 bits per heavy atom. The van der Waals surface area contributed by atoms with E-state index in [1.54, 1.807) is 9.80 Å². The Hall–Kier alpha value is -3.36. The molecule has 1 saturated heterocycles. The zero-order valence-corrected chi connectivity index (χ0v) is 20.2. The van der Waals surface area contributed by atoms with Crippen LogP contribution < -0.4 is 15.4 Å². The average molecular weight is 466 g/mol. The quantitative estimate of drug-likeness (QED) is 0.695. The number of likely N-dealkylation sites (N-methyl/N-ethyl adjacent to an activating group) is 1. The third-order valence-electron chi connectivity index (χ3n) is 7.12. The van der Waals surface area contributed by atoms with Crippen LogP contribution in [-0.2, 0) is 27.9 Å². The highest BCUT2D eigenvalue weighted by Gasteiger charge is 2.51. The van der Waals surface area contributed by atoms with Crippen LogP contribution in [0.25, 0.3) is 0 Å². The SMILES string of the molecule is CN1C(=O)C2(CCN(c3nc4c(c(=O)[nH]3)CCN(C(=O)OC(C)(C)C)C4)CC2)c2ccccc21. The number of carbonyl (C=O) groups is 2. The Morgan fingerprint density at radius 1 is 1.12 bits per heavy atom. The van der Waals surface area contributed by atoms with E-state index in [1.165, 1.54) is 0 Å². The zero-order chi connectivity index (χ0) is 24.3. The molecule has 2 aromatic rings. The fourth-order valence-corrected chi connectivity index (χ4v) is 5.36. The number of nitrogens with zero attached hydrogens (tertiary/aromatic N) is 4. The molecular weight excluding hydrogens is 434 g/mol. The van der Waals surface area contributed by atoms with Gasteiger partial charge in [0.15, 0.2) is 0 Å². The molecule has 180 valence electrons. The molecule has 0 saturated carbocycles. The largest absolute Gasteiger partial charge is 0.444 e. The Morgan fingerprint density at radius 2 is 1.82 bits per heavy atom. The van der Waals surface area contributed by atoms with Gasteiger partial charge in [-0.2, -0.15) is 0 Å². The van der Waals surface area contributed by atoms with E-state index in [0.29, 0.717) is 56.1 Å². The molecule has 0 bridgehead atoms. The van der Waals surface area contributed by atoms with E-state index in [0.717, 1.165) is 11.3 Å². The molecule has 1 N–H and O–H groups in total. The zero-order valence-electron chi connectivity index (χ0n) is 20.2. The number of piperidine rings is 1. The summed E-state index contributed by atoms with van der Waals surface area (Å²) in [6.45, 7) is 7.37. The van der Waals surface area contributed by atoms with Gasteiger partial charge in [-0.1, -0.05) is 18.2 Å². The van der Waals surface area contributed by atoms with Crippen LogP contribution >= 0.6 is 0 Å². The molecular formula is C25H31N5O4. The first-order valence-electron chi connectivity index (χ1n) is 11.8. The molecule has 1 aromatic carbocycles. The molecule has 0 unspecified atom stereocenters. The summed E-state index contributed by atoms with van der Waals surface area (Å²) in [6, 6.07) is 7.99.